The van der Waals surface area contributed by atoms with Crippen molar-refractivity contribution in [3.05, 3.63) is 70.3 Å². The molecule has 8 nitrogen and oxygen atoms in total. The molecule has 10 heteroatoms. The number of hydrogen-bond donors (Lipinski definition) is 2. The van der Waals surface area contributed by atoms with Crippen LogP contribution < -0.4 is 16.2 Å². The number of hydrogen-bond acceptors (Lipinski definition) is 6. The molecule has 0 amide bonds. The molecular weight excluding hydrogens is 437 g/mol. The van der Waals surface area contributed by atoms with Gasteiger partial charge in [0.1, 0.15) is 5.39 Å². The van der Waals surface area contributed by atoms with E-state index in [0.29, 0.717) is 29.3 Å². The molecule has 4 aromatic rings. The Labute approximate surface area is 191 Å². The minimum Gasteiger partial charge on any atom is -0.324 e. The fourth-order valence-corrected chi connectivity index (χ4v) is 3.77. The summed E-state index contributed by atoms with van der Waals surface area (Å²) in [4.78, 5) is 26.2. The van der Waals surface area contributed by atoms with Gasteiger partial charge in [-0.05, 0) is 55.3 Å². The standard InChI is InChI=1S/C21H21N7O.2ClH/c1-2-27-20(29)17-13-24-21(26-19(17)28(27)18-5-3-4-9-23-18)25-16-7-6-14-8-10-22-12-15(14)11-16;;/h3-7,9,11,13,22H,2,8,10,12H2,1H3,(H,24,25,26);2*1H. The Hall–Kier alpha value is -2.94. The molecule has 0 atom stereocenters. The molecule has 5 rings (SSSR count). The Kier molecular flexibility index (Phi) is 6.94. The third-order valence-electron chi connectivity index (χ3n) is 5.19. The fourth-order valence-electron chi connectivity index (χ4n) is 3.77. The molecule has 3 aromatic heterocycles. The Bertz CT molecular complexity index is 1250. The largest absolute Gasteiger partial charge is 0.324 e. The van der Waals surface area contributed by atoms with E-state index in [4.69, 9.17) is 0 Å². The third kappa shape index (κ3) is 4.14. The fraction of sp³-hybridized carbons (Fsp3) is 0.238. The minimum absolute atomic E-state index is 0. The summed E-state index contributed by atoms with van der Waals surface area (Å²) < 4.78 is 3.37. The van der Waals surface area contributed by atoms with Gasteiger partial charge in [-0.3, -0.25) is 4.79 Å². The summed E-state index contributed by atoms with van der Waals surface area (Å²) in [5.74, 6) is 1.09. The predicted octanol–water partition coefficient (Wildman–Crippen LogP) is 3.23. The number of rotatable bonds is 4. The quantitative estimate of drug-likeness (QED) is 0.486. The monoisotopic (exact) mass is 459 g/mol. The number of aromatic nitrogens is 5. The van der Waals surface area contributed by atoms with E-state index in [1.807, 2.05) is 31.2 Å². The zero-order valence-electron chi connectivity index (χ0n) is 16.9. The molecule has 0 unspecified atom stereocenters. The van der Waals surface area contributed by atoms with Crippen molar-refractivity contribution >= 4 is 47.5 Å². The highest BCUT2D eigenvalue weighted by Crippen LogP contribution is 2.22. The summed E-state index contributed by atoms with van der Waals surface area (Å²) >= 11 is 0. The highest BCUT2D eigenvalue weighted by molar-refractivity contribution is 5.85. The Morgan fingerprint density at radius 1 is 1.13 bits per heavy atom. The average molecular weight is 460 g/mol. The molecule has 31 heavy (non-hydrogen) atoms. The zero-order valence-corrected chi connectivity index (χ0v) is 18.5. The first-order valence-corrected chi connectivity index (χ1v) is 9.74. The molecule has 0 radical (unpaired) electrons. The van der Waals surface area contributed by atoms with Gasteiger partial charge >= 0.3 is 0 Å². The maximum absolute atomic E-state index is 12.8. The van der Waals surface area contributed by atoms with Crippen molar-refractivity contribution in [2.45, 2.75) is 26.4 Å². The molecule has 4 heterocycles. The Morgan fingerprint density at radius 2 is 2.00 bits per heavy atom. The highest BCUT2D eigenvalue weighted by atomic mass is 35.5. The van der Waals surface area contributed by atoms with E-state index < -0.39 is 0 Å². The third-order valence-corrected chi connectivity index (χ3v) is 5.19. The van der Waals surface area contributed by atoms with Gasteiger partial charge in [0.25, 0.3) is 5.56 Å². The summed E-state index contributed by atoms with van der Waals surface area (Å²) in [6.45, 7) is 4.31. The van der Waals surface area contributed by atoms with Gasteiger partial charge in [0, 0.05) is 31.2 Å². The zero-order chi connectivity index (χ0) is 19.8. The molecule has 0 spiro atoms. The van der Waals surface area contributed by atoms with Crippen molar-refractivity contribution in [2.75, 3.05) is 11.9 Å². The van der Waals surface area contributed by atoms with E-state index in [9.17, 15) is 4.79 Å². The van der Waals surface area contributed by atoms with Crippen LogP contribution in [0.5, 0.6) is 0 Å². The number of nitrogens with one attached hydrogen (secondary N) is 2. The predicted molar refractivity (Wildman–Crippen MR) is 126 cm³/mol. The van der Waals surface area contributed by atoms with Crippen LogP contribution in [0.4, 0.5) is 11.6 Å². The van der Waals surface area contributed by atoms with Gasteiger partial charge in [-0.25, -0.2) is 19.3 Å². The first-order chi connectivity index (χ1) is 14.2. The average Bonchev–Trinajstić information content (AvgIpc) is 3.05. The molecule has 1 aromatic carbocycles. The Balaban J connectivity index is 0.00000136. The van der Waals surface area contributed by atoms with Gasteiger partial charge in [0.15, 0.2) is 11.5 Å². The number of pyridine rings is 1. The highest BCUT2D eigenvalue weighted by Gasteiger charge is 2.17. The lowest BCUT2D eigenvalue weighted by atomic mass is 10.0. The molecule has 1 aliphatic rings. The van der Waals surface area contributed by atoms with Crippen molar-refractivity contribution in [2.24, 2.45) is 0 Å². The van der Waals surface area contributed by atoms with Crippen LogP contribution in [-0.4, -0.2) is 30.9 Å². The number of anilines is 2. The summed E-state index contributed by atoms with van der Waals surface area (Å²) in [5, 5.41) is 7.14. The second-order valence-electron chi connectivity index (χ2n) is 6.99. The van der Waals surface area contributed by atoms with Gasteiger partial charge in [0.2, 0.25) is 5.95 Å². The van der Waals surface area contributed by atoms with Gasteiger partial charge in [-0.2, -0.15) is 4.98 Å². The smallest absolute Gasteiger partial charge is 0.278 e. The maximum Gasteiger partial charge on any atom is 0.278 e. The van der Waals surface area contributed by atoms with Crippen LogP contribution in [0, 0.1) is 0 Å². The second-order valence-corrected chi connectivity index (χ2v) is 6.99. The summed E-state index contributed by atoms with van der Waals surface area (Å²) in [6.07, 6.45) is 4.32. The molecule has 2 N–H and O–H groups in total. The first kappa shape index (κ1) is 22.7. The number of nitrogens with zero attached hydrogens (tertiary/aromatic N) is 5. The molecule has 0 fully saturated rings. The van der Waals surface area contributed by atoms with Crippen LogP contribution in [0.3, 0.4) is 0 Å². The summed E-state index contributed by atoms with van der Waals surface area (Å²) in [7, 11) is 0. The number of halogens is 2. The Morgan fingerprint density at radius 3 is 2.77 bits per heavy atom. The summed E-state index contributed by atoms with van der Waals surface area (Å²) in [6, 6.07) is 11.9. The van der Waals surface area contributed by atoms with Crippen LogP contribution in [0.25, 0.3) is 16.9 Å². The van der Waals surface area contributed by atoms with Crippen molar-refractivity contribution in [3.63, 3.8) is 0 Å². The van der Waals surface area contributed by atoms with Crippen LogP contribution in [0.15, 0.2) is 53.6 Å². The molecule has 1 aliphatic heterocycles. The molecule has 0 saturated heterocycles. The van der Waals surface area contributed by atoms with E-state index in [2.05, 4.69) is 37.7 Å². The van der Waals surface area contributed by atoms with Crippen molar-refractivity contribution in [1.82, 2.24) is 29.6 Å². The minimum atomic E-state index is -0.125. The van der Waals surface area contributed by atoms with Crippen molar-refractivity contribution in [1.29, 1.82) is 0 Å². The van der Waals surface area contributed by atoms with Crippen LogP contribution in [0.2, 0.25) is 0 Å². The van der Waals surface area contributed by atoms with Gasteiger partial charge < -0.3 is 10.6 Å². The lowest BCUT2D eigenvalue weighted by Crippen LogP contribution is -2.23. The summed E-state index contributed by atoms with van der Waals surface area (Å²) in [5.41, 5.74) is 3.99. The van der Waals surface area contributed by atoms with Gasteiger partial charge in [-0.15, -0.1) is 24.8 Å². The van der Waals surface area contributed by atoms with Crippen LogP contribution in [0.1, 0.15) is 18.1 Å². The molecule has 0 saturated carbocycles. The van der Waals surface area contributed by atoms with E-state index >= 15 is 0 Å². The van der Waals surface area contributed by atoms with Crippen LogP contribution >= 0.6 is 24.8 Å². The van der Waals surface area contributed by atoms with Gasteiger partial charge in [-0.1, -0.05) is 12.1 Å². The number of benzene rings is 1. The lowest BCUT2D eigenvalue weighted by Gasteiger charge is -2.18. The van der Waals surface area contributed by atoms with E-state index in [1.54, 1.807) is 21.8 Å². The van der Waals surface area contributed by atoms with E-state index in [1.165, 1.54) is 11.1 Å². The van der Waals surface area contributed by atoms with Gasteiger partial charge in [0.05, 0.1) is 0 Å². The topological polar surface area (TPSA) is 89.7 Å². The lowest BCUT2D eigenvalue weighted by molar-refractivity contribution is 0.568. The van der Waals surface area contributed by atoms with E-state index in [0.717, 1.165) is 25.2 Å². The van der Waals surface area contributed by atoms with Crippen molar-refractivity contribution < 1.29 is 0 Å². The normalized spacial score (nSPS) is 12.5. The second kappa shape index (κ2) is 9.47. The molecule has 162 valence electrons. The van der Waals surface area contributed by atoms with Crippen molar-refractivity contribution in [3.8, 4) is 5.82 Å². The first-order valence-electron chi connectivity index (χ1n) is 9.74. The molecule has 0 aliphatic carbocycles. The van der Waals surface area contributed by atoms with E-state index in [-0.39, 0.29) is 30.4 Å². The maximum atomic E-state index is 12.8. The van der Waals surface area contributed by atoms with Crippen LogP contribution in [-0.2, 0) is 19.5 Å². The molecule has 0 bridgehead atoms. The SMILES string of the molecule is CCn1c(=O)c2cnc(Nc3ccc4c(c3)CNCC4)nc2n1-c1ccccn1.Cl.Cl. The molecular formula is C21H23Cl2N7O. The number of fused-ring (bicyclic) bond motifs is 2.